The van der Waals surface area contributed by atoms with Crippen molar-refractivity contribution in [3.63, 3.8) is 0 Å². The molecule has 0 aromatic heterocycles. The molecule has 1 aliphatic heterocycles. The summed E-state index contributed by atoms with van der Waals surface area (Å²) in [7, 11) is 0. The second-order valence-corrected chi connectivity index (χ2v) is 6.04. The zero-order chi connectivity index (χ0) is 13.8. The molecule has 20 heavy (non-hydrogen) atoms. The maximum absolute atomic E-state index is 12.6. The Kier molecular flexibility index (Phi) is 7.00. The van der Waals surface area contributed by atoms with Crippen LogP contribution in [0.4, 0.5) is 0 Å². The van der Waals surface area contributed by atoms with Gasteiger partial charge in [0.2, 0.25) is 0 Å². The van der Waals surface area contributed by atoms with Crippen LogP contribution in [0.15, 0.2) is 22.7 Å². The van der Waals surface area contributed by atoms with Crippen LogP contribution in [0.5, 0.6) is 0 Å². The molecule has 1 aliphatic rings. The van der Waals surface area contributed by atoms with Gasteiger partial charge in [-0.05, 0) is 56.8 Å². The summed E-state index contributed by atoms with van der Waals surface area (Å²) in [6.07, 6.45) is 4.28. The standard InChI is InChI=1S/C15H21BrN2O.ClH/c1-11-5-6-12(10-14(11)16)15(19)18-9-3-2-4-13(18)7-8-17;/h5-6,10,13H,2-4,7-9,17H2,1H3;1H. The van der Waals surface area contributed by atoms with Crippen molar-refractivity contribution in [2.24, 2.45) is 5.73 Å². The van der Waals surface area contributed by atoms with E-state index in [0.29, 0.717) is 12.6 Å². The van der Waals surface area contributed by atoms with Gasteiger partial charge in [0.1, 0.15) is 0 Å². The number of carbonyl (C=O) groups is 1. The van der Waals surface area contributed by atoms with Crippen LogP contribution in [0.3, 0.4) is 0 Å². The smallest absolute Gasteiger partial charge is 0.254 e. The molecule has 1 saturated heterocycles. The lowest BCUT2D eigenvalue weighted by atomic mass is 9.98. The maximum atomic E-state index is 12.6. The maximum Gasteiger partial charge on any atom is 0.254 e. The third kappa shape index (κ3) is 3.96. The molecular weight excluding hydrogens is 340 g/mol. The molecule has 3 nitrogen and oxygen atoms in total. The van der Waals surface area contributed by atoms with E-state index < -0.39 is 0 Å². The fourth-order valence-corrected chi connectivity index (χ4v) is 3.03. The molecule has 1 aromatic rings. The number of nitrogens with zero attached hydrogens (tertiary/aromatic N) is 1. The van der Waals surface area contributed by atoms with Gasteiger partial charge < -0.3 is 10.6 Å². The SMILES string of the molecule is Cc1ccc(C(=O)N2CCCCC2CCN)cc1Br.Cl. The molecule has 0 bridgehead atoms. The van der Waals surface area contributed by atoms with Crippen molar-refractivity contribution in [1.82, 2.24) is 4.90 Å². The van der Waals surface area contributed by atoms with Gasteiger partial charge >= 0.3 is 0 Å². The van der Waals surface area contributed by atoms with Gasteiger partial charge in [0.15, 0.2) is 0 Å². The molecule has 5 heteroatoms. The summed E-state index contributed by atoms with van der Waals surface area (Å²) < 4.78 is 0.991. The summed E-state index contributed by atoms with van der Waals surface area (Å²) in [6, 6.07) is 6.13. The molecule has 2 rings (SSSR count). The van der Waals surface area contributed by atoms with Crippen LogP contribution in [0, 0.1) is 6.92 Å². The highest BCUT2D eigenvalue weighted by atomic mass is 79.9. The quantitative estimate of drug-likeness (QED) is 0.895. The Bertz CT molecular complexity index is 465. The molecule has 1 amide bonds. The van der Waals surface area contributed by atoms with Crippen LogP contribution < -0.4 is 5.73 Å². The highest BCUT2D eigenvalue weighted by Gasteiger charge is 2.26. The first-order valence-electron chi connectivity index (χ1n) is 6.90. The minimum absolute atomic E-state index is 0. The number of benzene rings is 1. The Hall–Kier alpha value is -0.580. The second-order valence-electron chi connectivity index (χ2n) is 5.19. The Labute approximate surface area is 135 Å². The Morgan fingerprint density at radius 3 is 2.85 bits per heavy atom. The third-order valence-electron chi connectivity index (χ3n) is 3.81. The van der Waals surface area contributed by atoms with Gasteiger partial charge in [-0.2, -0.15) is 0 Å². The van der Waals surface area contributed by atoms with Crippen molar-refractivity contribution in [2.45, 2.75) is 38.6 Å². The minimum Gasteiger partial charge on any atom is -0.336 e. The third-order valence-corrected chi connectivity index (χ3v) is 4.66. The first kappa shape index (κ1) is 17.5. The van der Waals surface area contributed by atoms with E-state index in [1.54, 1.807) is 0 Å². The van der Waals surface area contributed by atoms with E-state index in [-0.39, 0.29) is 18.3 Å². The highest BCUT2D eigenvalue weighted by molar-refractivity contribution is 9.10. The molecule has 1 unspecified atom stereocenters. The lowest BCUT2D eigenvalue weighted by molar-refractivity contribution is 0.0605. The van der Waals surface area contributed by atoms with E-state index in [4.69, 9.17) is 5.73 Å². The molecule has 1 atom stereocenters. The van der Waals surface area contributed by atoms with Crippen molar-refractivity contribution in [1.29, 1.82) is 0 Å². The lowest BCUT2D eigenvalue weighted by Gasteiger charge is -2.35. The normalized spacial score (nSPS) is 18.6. The molecule has 1 aromatic carbocycles. The van der Waals surface area contributed by atoms with E-state index in [9.17, 15) is 4.79 Å². The van der Waals surface area contributed by atoms with E-state index in [1.807, 2.05) is 30.0 Å². The molecule has 0 radical (unpaired) electrons. The zero-order valence-electron chi connectivity index (χ0n) is 11.8. The number of amides is 1. The summed E-state index contributed by atoms with van der Waals surface area (Å²) >= 11 is 3.49. The van der Waals surface area contributed by atoms with E-state index >= 15 is 0 Å². The fraction of sp³-hybridized carbons (Fsp3) is 0.533. The minimum atomic E-state index is 0. The van der Waals surface area contributed by atoms with Crippen molar-refractivity contribution >= 4 is 34.2 Å². The van der Waals surface area contributed by atoms with Gasteiger partial charge in [-0.25, -0.2) is 0 Å². The molecule has 0 saturated carbocycles. The first-order valence-corrected chi connectivity index (χ1v) is 7.70. The van der Waals surface area contributed by atoms with Gasteiger partial charge in [0.25, 0.3) is 5.91 Å². The van der Waals surface area contributed by atoms with Crippen LogP contribution in [-0.2, 0) is 0 Å². The summed E-state index contributed by atoms with van der Waals surface area (Å²) in [4.78, 5) is 14.6. The van der Waals surface area contributed by atoms with Crippen LogP contribution in [0.1, 0.15) is 41.6 Å². The molecular formula is C15H22BrClN2O. The summed E-state index contributed by atoms with van der Waals surface area (Å²) in [5, 5.41) is 0. The number of aryl methyl sites for hydroxylation is 1. The monoisotopic (exact) mass is 360 g/mol. The van der Waals surface area contributed by atoms with E-state index in [1.165, 1.54) is 6.42 Å². The van der Waals surface area contributed by atoms with Gasteiger partial charge in [0.05, 0.1) is 0 Å². The largest absolute Gasteiger partial charge is 0.336 e. The molecule has 1 heterocycles. The fourth-order valence-electron chi connectivity index (χ4n) is 2.65. The number of hydrogen-bond donors (Lipinski definition) is 1. The molecule has 2 N–H and O–H groups in total. The van der Waals surface area contributed by atoms with Crippen molar-refractivity contribution in [3.05, 3.63) is 33.8 Å². The van der Waals surface area contributed by atoms with Crippen LogP contribution in [-0.4, -0.2) is 29.9 Å². The lowest BCUT2D eigenvalue weighted by Crippen LogP contribution is -2.44. The van der Waals surface area contributed by atoms with Crippen molar-refractivity contribution < 1.29 is 4.79 Å². The number of likely N-dealkylation sites (tertiary alicyclic amines) is 1. The van der Waals surface area contributed by atoms with Gasteiger partial charge in [-0.3, -0.25) is 4.79 Å². The van der Waals surface area contributed by atoms with E-state index in [2.05, 4.69) is 15.9 Å². The van der Waals surface area contributed by atoms with Gasteiger partial charge in [0, 0.05) is 22.6 Å². The Morgan fingerprint density at radius 2 is 2.20 bits per heavy atom. The second kappa shape index (κ2) is 8.01. The summed E-state index contributed by atoms with van der Waals surface area (Å²) in [5.41, 5.74) is 7.57. The molecule has 0 aliphatic carbocycles. The van der Waals surface area contributed by atoms with Gasteiger partial charge in [-0.15, -0.1) is 12.4 Å². The number of piperidine rings is 1. The average molecular weight is 362 g/mol. The first-order chi connectivity index (χ1) is 9.13. The molecule has 1 fully saturated rings. The average Bonchev–Trinajstić information content (AvgIpc) is 2.42. The molecule has 112 valence electrons. The Balaban J connectivity index is 0.00000200. The zero-order valence-corrected chi connectivity index (χ0v) is 14.2. The number of halogens is 2. The highest BCUT2D eigenvalue weighted by Crippen LogP contribution is 2.24. The van der Waals surface area contributed by atoms with E-state index in [0.717, 1.165) is 41.4 Å². The van der Waals surface area contributed by atoms with Crippen LogP contribution in [0.2, 0.25) is 0 Å². The number of nitrogens with two attached hydrogens (primary N) is 1. The number of rotatable bonds is 3. The van der Waals surface area contributed by atoms with Crippen LogP contribution >= 0.6 is 28.3 Å². The topological polar surface area (TPSA) is 46.3 Å². The number of carbonyl (C=O) groups excluding carboxylic acids is 1. The predicted molar refractivity (Wildman–Crippen MR) is 88.5 cm³/mol. The Morgan fingerprint density at radius 1 is 1.45 bits per heavy atom. The van der Waals surface area contributed by atoms with Gasteiger partial charge in [-0.1, -0.05) is 22.0 Å². The summed E-state index contributed by atoms with van der Waals surface area (Å²) in [5.74, 6) is 0.138. The van der Waals surface area contributed by atoms with Crippen molar-refractivity contribution in [2.75, 3.05) is 13.1 Å². The predicted octanol–water partition coefficient (Wildman–Crippen LogP) is 3.52. The van der Waals surface area contributed by atoms with Crippen LogP contribution in [0.25, 0.3) is 0 Å². The molecule has 0 spiro atoms. The number of hydrogen-bond acceptors (Lipinski definition) is 2. The summed E-state index contributed by atoms with van der Waals surface area (Å²) in [6.45, 7) is 3.53. The van der Waals surface area contributed by atoms with Crippen molar-refractivity contribution in [3.8, 4) is 0 Å².